The van der Waals surface area contributed by atoms with E-state index in [4.69, 9.17) is 0 Å². The SMILES string of the molecule is C[n+]1ccc2c(c1)ncn2Cc1ccccc1. The minimum absolute atomic E-state index is 0.866. The zero-order valence-electron chi connectivity index (χ0n) is 9.74. The van der Waals surface area contributed by atoms with E-state index in [0.717, 1.165) is 12.1 Å². The molecule has 0 bridgehead atoms. The zero-order valence-corrected chi connectivity index (χ0v) is 9.74. The van der Waals surface area contributed by atoms with Crippen molar-refractivity contribution in [2.75, 3.05) is 0 Å². The first-order chi connectivity index (χ1) is 8.33. The van der Waals surface area contributed by atoms with Crippen LogP contribution in [0, 0.1) is 0 Å². The number of fused-ring (bicyclic) bond motifs is 1. The van der Waals surface area contributed by atoms with Gasteiger partial charge in [-0.15, -0.1) is 0 Å². The normalized spacial score (nSPS) is 10.9. The molecule has 0 aliphatic rings. The Bertz CT molecular complexity index is 641. The lowest BCUT2D eigenvalue weighted by Crippen LogP contribution is -2.25. The van der Waals surface area contributed by atoms with Gasteiger partial charge >= 0.3 is 0 Å². The predicted molar refractivity (Wildman–Crippen MR) is 66.5 cm³/mol. The van der Waals surface area contributed by atoms with E-state index in [1.165, 1.54) is 11.1 Å². The molecule has 0 atom stereocenters. The highest BCUT2D eigenvalue weighted by Crippen LogP contribution is 2.12. The second-order valence-electron chi connectivity index (χ2n) is 4.24. The molecular formula is C14H14N3+. The van der Waals surface area contributed by atoms with Crippen molar-refractivity contribution in [1.82, 2.24) is 9.55 Å². The molecule has 3 nitrogen and oxygen atoms in total. The van der Waals surface area contributed by atoms with Crippen molar-refractivity contribution in [2.45, 2.75) is 6.54 Å². The summed E-state index contributed by atoms with van der Waals surface area (Å²) in [5, 5.41) is 0. The fraction of sp³-hybridized carbons (Fsp3) is 0.143. The number of hydrogen-bond donors (Lipinski definition) is 0. The van der Waals surface area contributed by atoms with Crippen molar-refractivity contribution in [2.24, 2.45) is 7.05 Å². The van der Waals surface area contributed by atoms with Crippen LogP contribution in [0.1, 0.15) is 5.56 Å². The molecule has 0 radical (unpaired) electrons. The van der Waals surface area contributed by atoms with E-state index in [1.807, 2.05) is 36.4 Å². The number of imidazole rings is 1. The van der Waals surface area contributed by atoms with E-state index in [1.54, 1.807) is 0 Å². The van der Waals surface area contributed by atoms with Gasteiger partial charge in [-0.2, -0.15) is 0 Å². The van der Waals surface area contributed by atoms with Gasteiger partial charge < -0.3 is 4.57 Å². The van der Waals surface area contributed by atoms with Crippen LogP contribution in [0.4, 0.5) is 0 Å². The molecular weight excluding hydrogens is 210 g/mol. The lowest BCUT2D eigenvalue weighted by Gasteiger charge is -2.03. The number of pyridine rings is 1. The summed E-state index contributed by atoms with van der Waals surface area (Å²) in [7, 11) is 2.01. The Morgan fingerprint density at radius 2 is 2.00 bits per heavy atom. The summed E-state index contributed by atoms with van der Waals surface area (Å²) in [4.78, 5) is 4.42. The van der Waals surface area contributed by atoms with E-state index in [2.05, 4.69) is 39.9 Å². The third-order valence-corrected chi connectivity index (χ3v) is 2.90. The average Bonchev–Trinajstić information content (AvgIpc) is 2.73. The van der Waals surface area contributed by atoms with Gasteiger partial charge in [0.15, 0.2) is 17.9 Å². The highest BCUT2D eigenvalue weighted by Gasteiger charge is 2.06. The van der Waals surface area contributed by atoms with Gasteiger partial charge in [0.25, 0.3) is 0 Å². The fourth-order valence-electron chi connectivity index (χ4n) is 2.02. The first-order valence-corrected chi connectivity index (χ1v) is 5.67. The van der Waals surface area contributed by atoms with Gasteiger partial charge in [0.05, 0.1) is 11.8 Å². The lowest BCUT2D eigenvalue weighted by molar-refractivity contribution is -0.670. The number of benzene rings is 1. The fourth-order valence-corrected chi connectivity index (χ4v) is 2.02. The summed E-state index contributed by atoms with van der Waals surface area (Å²) >= 11 is 0. The third kappa shape index (κ3) is 1.91. The Kier molecular flexibility index (Phi) is 2.37. The second-order valence-corrected chi connectivity index (χ2v) is 4.24. The molecule has 0 amide bonds. The quantitative estimate of drug-likeness (QED) is 0.609. The smallest absolute Gasteiger partial charge is 0.196 e. The maximum absolute atomic E-state index is 4.42. The van der Waals surface area contributed by atoms with Gasteiger partial charge in [0.2, 0.25) is 0 Å². The molecule has 2 heterocycles. The van der Waals surface area contributed by atoms with Gasteiger partial charge in [-0.05, 0) is 5.56 Å². The Morgan fingerprint density at radius 3 is 2.82 bits per heavy atom. The van der Waals surface area contributed by atoms with Crippen LogP contribution in [0.15, 0.2) is 55.1 Å². The summed E-state index contributed by atoms with van der Waals surface area (Å²) in [6.45, 7) is 0.866. The molecule has 3 aromatic rings. The van der Waals surface area contributed by atoms with Crippen molar-refractivity contribution in [3.63, 3.8) is 0 Å². The molecule has 0 saturated heterocycles. The predicted octanol–water partition coefficient (Wildman–Crippen LogP) is 1.91. The van der Waals surface area contributed by atoms with Crippen molar-refractivity contribution < 1.29 is 4.57 Å². The highest BCUT2D eigenvalue weighted by molar-refractivity contribution is 5.72. The van der Waals surface area contributed by atoms with Gasteiger partial charge in [0, 0.05) is 12.6 Å². The summed E-state index contributed by atoms with van der Waals surface area (Å²) in [5.74, 6) is 0. The standard InChI is InChI=1S/C14H14N3/c1-16-8-7-14-13(10-16)15-11-17(14)9-12-5-3-2-4-6-12/h2-8,10-11H,9H2,1H3/q+1. The van der Waals surface area contributed by atoms with Gasteiger partial charge in [0.1, 0.15) is 7.05 Å². The number of aryl methyl sites for hydroxylation is 1. The second kappa shape index (κ2) is 4.01. The van der Waals surface area contributed by atoms with Crippen LogP contribution in [0.2, 0.25) is 0 Å². The molecule has 3 rings (SSSR count). The molecule has 0 unspecified atom stereocenters. The molecule has 3 heteroatoms. The zero-order chi connectivity index (χ0) is 11.7. The van der Waals surface area contributed by atoms with Crippen LogP contribution in [0.5, 0.6) is 0 Å². The Balaban J connectivity index is 2.01. The maximum atomic E-state index is 4.42. The van der Waals surface area contributed by atoms with Crippen LogP contribution in [0.25, 0.3) is 11.0 Å². The van der Waals surface area contributed by atoms with Crippen LogP contribution in [-0.4, -0.2) is 9.55 Å². The van der Waals surface area contributed by atoms with Crippen molar-refractivity contribution in [1.29, 1.82) is 0 Å². The van der Waals surface area contributed by atoms with E-state index < -0.39 is 0 Å². The third-order valence-electron chi connectivity index (χ3n) is 2.90. The summed E-state index contributed by atoms with van der Waals surface area (Å²) in [5.41, 5.74) is 3.50. The minimum Gasteiger partial charge on any atom is -0.326 e. The van der Waals surface area contributed by atoms with Gasteiger partial charge in [-0.3, -0.25) is 0 Å². The summed E-state index contributed by atoms with van der Waals surface area (Å²) in [6.07, 6.45) is 5.99. The van der Waals surface area contributed by atoms with E-state index in [0.29, 0.717) is 0 Å². The molecule has 0 aliphatic heterocycles. The maximum Gasteiger partial charge on any atom is 0.196 e. The summed E-state index contributed by atoms with van der Waals surface area (Å²) < 4.78 is 4.19. The van der Waals surface area contributed by atoms with Gasteiger partial charge in [-0.1, -0.05) is 30.3 Å². The lowest BCUT2D eigenvalue weighted by atomic mass is 10.2. The Hall–Kier alpha value is -2.16. The number of hydrogen-bond acceptors (Lipinski definition) is 1. The van der Waals surface area contributed by atoms with Crippen LogP contribution in [0.3, 0.4) is 0 Å². The molecule has 0 saturated carbocycles. The molecule has 2 aromatic heterocycles. The van der Waals surface area contributed by atoms with Gasteiger partial charge in [-0.25, -0.2) is 9.55 Å². The number of aromatic nitrogens is 3. The van der Waals surface area contributed by atoms with E-state index in [-0.39, 0.29) is 0 Å². The molecule has 84 valence electrons. The van der Waals surface area contributed by atoms with Crippen LogP contribution in [-0.2, 0) is 13.6 Å². The van der Waals surface area contributed by atoms with E-state index in [9.17, 15) is 0 Å². The summed E-state index contributed by atoms with van der Waals surface area (Å²) in [6, 6.07) is 12.5. The number of rotatable bonds is 2. The molecule has 0 fully saturated rings. The minimum atomic E-state index is 0.866. The topological polar surface area (TPSA) is 21.7 Å². The van der Waals surface area contributed by atoms with Crippen LogP contribution < -0.4 is 4.57 Å². The first-order valence-electron chi connectivity index (χ1n) is 5.67. The van der Waals surface area contributed by atoms with Crippen molar-refractivity contribution in [3.8, 4) is 0 Å². The number of nitrogens with zero attached hydrogens (tertiary/aromatic N) is 3. The molecule has 0 N–H and O–H groups in total. The largest absolute Gasteiger partial charge is 0.326 e. The monoisotopic (exact) mass is 224 g/mol. The average molecular weight is 224 g/mol. The first kappa shape index (κ1) is 10.0. The Labute approximate surface area is 100.0 Å². The highest BCUT2D eigenvalue weighted by atomic mass is 15.1. The molecule has 17 heavy (non-hydrogen) atoms. The van der Waals surface area contributed by atoms with E-state index >= 15 is 0 Å². The molecule has 0 spiro atoms. The molecule has 0 aliphatic carbocycles. The molecule has 1 aromatic carbocycles. The Morgan fingerprint density at radius 1 is 1.18 bits per heavy atom. The van der Waals surface area contributed by atoms with Crippen molar-refractivity contribution in [3.05, 3.63) is 60.7 Å². The van der Waals surface area contributed by atoms with Crippen LogP contribution >= 0.6 is 0 Å². The van der Waals surface area contributed by atoms with Crippen molar-refractivity contribution >= 4 is 11.0 Å².